The molecule has 2 N–H and O–H groups in total. The maximum atomic E-state index is 12.6. The summed E-state index contributed by atoms with van der Waals surface area (Å²) in [5, 5.41) is 12.6. The Hall–Kier alpha value is -0.650. The molecule has 0 spiro atoms. The van der Waals surface area contributed by atoms with Gasteiger partial charge < -0.3 is 15.3 Å². The molecule has 2 fully saturated rings. The molecule has 2 aliphatic rings. The van der Waals surface area contributed by atoms with Crippen LogP contribution in [0, 0.1) is 0 Å². The van der Waals surface area contributed by atoms with E-state index in [-0.39, 0.29) is 12.5 Å². The summed E-state index contributed by atoms with van der Waals surface area (Å²) in [5.41, 5.74) is 0. The molecule has 0 atom stereocenters. The molecule has 0 bridgehead atoms. The summed E-state index contributed by atoms with van der Waals surface area (Å²) in [4.78, 5) is 16.8. The average molecular weight is 283 g/mol. The molecule has 0 aromatic rings. The lowest BCUT2D eigenvalue weighted by molar-refractivity contribution is -0.136. The van der Waals surface area contributed by atoms with Crippen LogP contribution in [0.5, 0.6) is 0 Å². The minimum absolute atomic E-state index is 0.0732. The van der Waals surface area contributed by atoms with Gasteiger partial charge in [-0.1, -0.05) is 19.3 Å². The highest BCUT2D eigenvalue weighted by Crippen LogP contribution is 2.22. The fraction of sp³-hybridized carbons (Fsp3) is 0.933. The van der Waals surface area contributed by atoms with Crippen molar-refractivity contribution in [1.82, 2.24) is 15.1 Å². The van der Waals surface area contributed by atoms with E-state index in [1.165, 1.54) is 19.3 Å². The zero-order valence-electron chi connectivity index (χ0n) is 12.5. The first-order valence-corrected chi connectivity index (χ1v) is 8.14. The van der Waals surface area contributed by atoms with Crippen LogP contribution in [-0.4, -0.2) is 72.7 Å². The standard InChI is InChI=1S/C15H29N3O2/c19-12-11-18(14-5-2-1-3-6-14)15(20)13-17-9-4-7-16-8-10-17/h14,16,19H,1-13H2. The van der Waals surface area contributed by atoms with Gasteiger partial charge in [0.05, 0.1) is 13.2 Å². The first-order chi connectivity index (χ1) is 9.81. The Bertz CT molecular complexity index is 285. The molecule has 0 radical (unpaired) electrons. The van der Waals surface area contributed by atoms with Crippen molar-refractivity contribution in [3.8, 4) is 0 Å². The number of nitrogens with zero attached hydrogens (tertiary/aromatic N) is 2. The number of aliphatic hydroxyl groups excluding tert-OH is 1. The highest BCUT2D eigenvalue weighted by molar-refractivity contribution is 5.78. The third-order valence-electron chi connectivity index (χ3n) is 4.47. The van der Waals surface area contributed by atoms with Crippen LogP contribution in [0.15, 0.2) is 0 Å². The number of aliphatic hydroxyl groups is 1. The number of nitrogens with one attached hydrogen (secondary N) is 1. The number of carbonyl (C=O) groups excluding carboxylic acids is 1. The molecule has 2 rings (SSSR count). The third-order valence-corrected chi connectivity index (χ3v) is 4.47. The number of amides is 1. The van der Waals surface area contributed by atoms with Crippen LogP contribution in [0.3, 0.4) is 0 Å². The highest BCUT2D eigenvalue weighted by atomic mass is 16.3. The minimum atomic E-state index is 0.0732. The van der Waals surface area contributed by atoms with Crippen molar-refractivity contribution in [1.29, 1.82) is 0 Å². The zero-order valence-corrected chi connectivity index (χ0v) is 12.5. The van der Waals surface area contributed by atoms with E-state index in [1.807, 2.05) is 4.90 Å². The van der Waals surface area contributed by atoms with Gasteiger partial charge >= 0.3 is 0 Å². The van der Waals surface area contributed by atoms with E-state index in [0.717, 1.165) is 45.4 Å². The van der Waals surface area contributed by atoms with Gasteiger partial charge in [-0.2, -0.15) is 0 Å². The van der Waals surface area contributed by atoms with E-state index in [4.69, 9.17) is 0 Å². The largest absolute Gasteiger partial charge is 0.395 e. The van der Waals surface area contributed by atoms with Crippen LogP contribution in [-0.2, 0) is 4.79 Å². The molecule has 1 saturated heterocycles. The van der Waals surface area contributed by atoms with Crippen LogP contribution in [0.1, 0.15) is 38.5 Å². The van der Waals surface area contributed by atoms with Crippen LogP contribution in [0.4, 0.5) is 0 Å². The van der Waals surface area contributed by atoms with Crippen LogP contribution < -0.4 is 5.32 Å². The third kappa shape index (κ3) is 4.72. The molecule has 1 amide bonds. The van der Waals surface area contributed by atoms with Crippen molar-refractivity contribution in [2.75, 3.05) is 45.9 Å². The number of carbonyl (C=O) groups is 1. The zero-order chi connectivity index (χ0) is 14.2. The molecule has 1 aliphatic heterocycles. The van der Waals surface area contributed by atoms with Crippen LogP contribution in [0.2, 0.25) is 0 Å². The maximum Gasteiger partial charge on any atom is 0.237 e. The second kappa shape index (κ2) is 8.60. The average Bonchev–Trinajstić information content (AvgIpc) is 2.74. The van der Waals surface area contributed by atoms with Gasteiger partial charge in [0.2, 0.25) is 5.91 Å². The fourth-order valence-corrected chi connectivity index (χ4v) is 3.35. The van der Waals surface area contributed by atoms with E-state index >= 15 is 0 Å². The van der Waals surface area contributed by atoms with Gasteiger partial charge in [0, 0.05) is 25.7 Å². The lowest BCUT2D eigenvalue weighted by Crippen LogP contribution is -2.48. The molecule has 0 aromatic heterocycles. The number of hydrogen-bond donors (Lipinski definition) is 2. The Labute approximate surface area is 122 Å². The quantitative estimate of drug-likeness (QED) is 0.768. The molecular formula is C15H29N3O2. The summed E-state index contributed by atoms with van der Waals surface area (Å²) in [5.74, 6) is 0.202. The van der Waals surface area contributed by atoms with E-state index < -0.39 is 0 Å². The smallest absolute Gasteiger partial charge is 0.237 e. The summed E-state index contributed by atoms with van der Waals surface area (Å²) in [6, 6.07) is 0.355. The van der Waals surface area contributed by atoms with Crippen molar-refractivity contribution in [2.45, 2.75) is 44.6 Å². The van der Waals surface area contributed by atoms with Crippen molar-refractivity contribution in [2.24, 2.45) is 0 Å². The first kappa shape index (κ1) is 15.7. The van der Waals surface area contributed by atoms with Crippen LogP contribution in [0.25, 0.3) is 0 Å². The lowest BCUT2D eigenvalue weighted by atomic mass is 9.94. The van der Waals surface area contributed by atoms with Gasteiger partial charge in [-0.3, -0.25) is 9.69 Å². The molecule has 5 heteroatoms. The van der Waals surface area contributed by atoms with Gasteiger partial charge in [0.1, 0.15) is 0 Å². The molecule has 1 heterocycles. The predicted octanol–water partition coefficient (Wildman–Crippen LogP) is 0.435. The van der Waals surface area contributed by atoms with E-state index in [1.54, 1.807) is 0 Å². The number of hydrogen-bond acceptors (Lipinski definition) is 4. The van der Waals surface area contributed by atoms with Crippen LogP contribution >= 0.6 is 0 Å². The Balaban J connectivity index is 1.87. The van der Waals surface area contributed by atoms with Crippen molar-refractivity contribution < 1.29 is 9.90 Å². The van der Waals surface area contributed by atoms with Crippen molar-refractivity contribution in [3.05, 3.63) is 0 Å². The Morgan fingerprint density at radius 3 is 2.70 bits per heavy atom. The molecule has 116 valence electrons. The highest BCUT2D eigenvalue weighted by Gasteiger charge is 2.26. The van der Waals surface area contributed by atoms with Gasteiger partial charge in [-0.25, -0.2) is 0 Å². The molecule has 5 nitrogen and oxygen atoms in total. The van der Waals surface area contributed by atoms with Gasteiger partial charge in [-0.05, 0) is 32.4 Å². The van der Waals surface area contributed by atoms with Crippen molar-refractivity contribution >= 4 is 5.91 Å². The second-order valence-corrected chi connectivity index (χ2v) is 5.98. The molecular weight excluding hydrogens is 254 g/mol. The normalized spacial score (nSPS) is 22.4. The topological polar surface area (TPSA) is 55.8 Å². The molecule has 0 aromatic carbocycles. The van der Waals surface area contributed by atoms with Gasteiger partial charge in [0.25, 0.3) is 0 Å². The minimum Gasteiger partial charge on any atom is -0.395 e. The molecule has 0 unspecified atom stereocenters. The van der Waals surface area contributed by atoms with Gasteiger partial charge in [-0.15, -0.1) is 0 Å². The monoisotopic (exact) mass is 283 g/mol. The summed E-state index contributed by atoms with van der Waals surface area (Å²) in [6.45, 7) is 5.04. The van der Waals surface area contributed by atoms with Crippen molar-refractivity contribution in [3.63, 3.8) is 0 Å². The number of rotatable bonds is 5. The predicted molar refractivity (Wildman–Crippen MR) is 79.6 cm³/mol. The van der Waals surface area contributed by atoms with E-state index in [0.29, 0.717) is 19.1 Å². The SMILES string of the molecule is O=C(CN1CCCNCC1)N(CCO)C1CCCCC1. The summed E-state index contributed by atoms with van der Waals surface area (Å²) in [7, 11) is 0. The van der Waals surface area contributed by atoms with E-state index in [2.05, 4.69) is 10.2 Å². The molecule has 1 saturated carbocycles. The fourth-order valence-electron chi connectivity index (χ4n) is 3.35. The first-order valence-electron chi connectivity index (χ1n) is 8.14. The Morgan fingerprint density at radius 1 is 1.15 bits per heavy atom. The summed E-state index contributed by atoms with van der Waals surface area (Å²) < 4.78 is 0. The summed E-state index contributed by atoms with van der Waals surface area (Å²) >= 11 is 0. The molecule has 20 heavy (non-hydrogen) atoms. The Kier molecular flexibility index (Phi) is 6.76. The lowest BCUT2D eigenvalue weighted by Gasteiger charge is -2.35. The van der Waals surface area contributed by atoms with E-state index in [9.17, 15) is 9.90 Å². The molecule has 1 aliphatic carbocycles. The van der Waals surface area contributed by atoms with Gasteiger partial charge in [0.15, 0.2) is 0 Å². The maximum absolute atomic E-state index is 12.6. The second-order valence-electron chi connectivity index (χ2n) is 5.98. The Morgan fingerprint density at radius 2 is 1.95 bits per heavy atom. The summed E-state index contributed by atoms with van der Waals surface area (Å²) in [6.07, 6.45) is 7.04.